The Balaban J connectivity index is 2.14. The monoisotopic (exact) mass is 698 g/mol. The lowest BCUT2D eigenvalue weighted by Gasteiger charge is -2.33. The van der Waals surface area contributed by atoms with Gasteiger partial charge in [0.15, 0.2) is 0 Å². The van der Waals surface area contributed by atoms with Crippen LogP contribution in [0, 0.1) is 17.8 Å². The highest BCUT2D eigenvalue weighted by Gasteiger charge is 2.56. The van der Waals surface area contributed by atoms with E-state index < -0.39 is 5.92 Å². The number of amides is 2. The van der Waals surface area contributed by atoms with Crippen LogP contribution >= 0.6 is 55.8 Å². The van der Waals surface area contributed by atoms with Crippen LogP contribution in [0.15, 0.2) is 43.0 Å². The summed E-state index contributed by atoms with van der Waals surface area (Å²) in [5.41, 5.74) is 1.48. The number of hydrogen-bond donors (Lipinski definition) is 1. The van der Waals surface area contributed by atoms with Crippen LogP contribution in [0.1, 0.15) is 90.9 Å². The first-order valence-corrected chi connectivity index (χ1v) is 17.4. The molecule has 0 radical (unpaired) electrons. The molecule has 0 spiro atoms. The first-order chi connectivity index (χ1) is 18.7. The summed E-state index contributed by atoms with van der Waals surface area (Å²) in [5.74, 6) is 0.306. The van der Waals surface area contributed by atoms with Gasteiger partial charge in [-0.2, -0.15) is 0 Å². The van der Waals surface area contributed by atoms with Gasteiger partial charge in [-0.15, -0.1) is 24.0 Å². The van der Waals surface area contributed by atoms with E-state index in [9.17, 15) is 9.59 Å². The van der Waals surface area contributed by atoms with Crippen LogP contribution in [0.2, 0.25) is 0 Å². The predicted octanol–water partition coefficient (Wildman–Crippen LogP) is 9.44. The van der Waals surface area contributed by atoms with Crippen LogP contribution in [-0.2, 0) is 9.59 Å². The summed E-state index contributed by atoms with van der Waals surface area (Å²) in [6, 6.07) is 3.67. The summed E-state index contributed by atoms with van der Waals surface area (Å²) in [5, 5.41) is 0. The van der Waals surface area contributed by atoms with Gasteiger partial charge >= 0.3 is 0 Å². The molecule has 1 aromatic heterocycles. The molecule has 39 heavy (non-hydrogen) atoms. The number of carbonyl (C=O) groups is 2. The minimum Gasteiger partial charge on any atom is -0.330 e. The molecule has 2 aliphatic rings. The fourth-order valence-corrected chi connectivity index (χ4v) is 7.72. The van der Waals surface area contributed by atoms with Gasteiger partial charge in [0.1, 0.15) is 0 Å². The Morgan fingerprint density at radius 2 is 1.64 bits per heavy atom. The highest BCUT2D eigenvalue weighted by Crippen LogP contribution is 2.49. The molecule has 4 unspecified atom stereocenters. The molecule has 2 aliphatic heterocycles. The van der Waals surface area contributed by atoms with E-state index in [4.69, 9.17) is 12.6 Å². The number of likely N-dealkylation sites (tertiary alicyclic amines) is 1. The Morgan fingerprint density at radius 1 is 1.03 bits per heavy atom. The van der Waals surface area contributed by atoms with Crippen LogP contribution in [0.5, 0.6) is 0 Å². The molecule has 1 aromatic rings. The molecule has 0 aromatic carbocycles. The standard InChI is InChI=1S/C31H44Br2N2O2S2/c1-6-10-12-21(8-3)18-34-28(23(38)15-14-20(5)32)26-27(31(34)37)29(24-16-17-25(33)39-24)35(30(26)36)19-22(9-4)13-11-7-2/h14-17,21-22,26,28,38H,6-13,18-19H2,1-5H3/b20-14+,23-15-. The van der Waals surface area contributed by atoms with Crippen molar-refractivity contribution in [3.8, 4) is 0 Å². The third-order valence-corrected chi connectivity index (χ3v) is 10.4. The van der Waals surface area contributed by atoms with E-state index in [0.29, 0.717) is 30.5 Å². The van der Waals surface area contributed by atoms with Crippen molar-refractivity contribution in [2.45, 2.75) is 92.0 Å². The van der Waals surface area contributed by atoms with Crippen molar-refractivity contribution in [3.05, 3.63) is 47.9 Å². The van der Waals surface area contributed by atoms with Gasteiger partial charge in [0.25, 0.3) is 5.91 Å². The number of carbonyl (C=O) groups excluding carboxylic acids is 2. The Bertz CT molecular complexity index is 1110. The van der Waals surface area contributed by atoms with Gasteiger partial charge in [0, 0.05) is 18.0 Å². The van der Waals surface area contributed by atoms with Crippen LogP contribution in [0.4, 0.5) is 0 Å². The maximum atomic E-state index is 14.4. The topological polar surface area (TPSA) is 40.6 Å². The zero-order valence-electron chi connectivity index (χ0n) is 24.0. The Kier molecular flexibility index (Phi) is 12.9. The molecule has 3 rings (SSSR count). The molecule has 3 heterocycles. The van der Waals surface area contributed by atoms with E-state index in [1.807, 2.05) is 41.0 Å². The van der Waals surface area contributed by atoms with E-state index in [1.165, 1.54) is 0 Å². The van der Waals surface area contributed by atoms with Crippen molar-refractivity contribution in [2.75, 3.05) is 13.1 Å². The summed E-state index contributed by atoms with van der Waals surface area (Å²) in [7, 11) is 0. The molecule has 2 amide bonds. The van der Waals surface area contributed by atoms with E-state index in [1.54, 1.807) is 11.3 Å². The average Bonchev–Trinajstić information content (AvgIpc) is 3.55. The molecule has 4 atom stereocenters. The largest absolute Gasteiger partial charge is 0.330 e. The number of nitrogens with zero attached hydrogens (tertiary/aromatic N) is 2. The van der Waals surface area contributed by atoms with Crippen LogP contribution in [0.25, 0.3) is 5.70 Å². The third-order valence-electron chi connectivity index (χ3n) is 8.09. The van der Waals surface area contributed by atoms with Crippen molar-refractivity contribution in [1.29, 1.82) is 0 Å². The lowest BCUT2D eigenvalue weighted by Crippen LogP contribution is -2.44. The number of allylic oxidation sites excluding steroid dienone is 3. The van der Waals surface area contributed by atoms with E-state index in [2.05, 4.69) is 59.6 Å². The summed E-state index contributed by atoms with van der Waals surface area (Å²) in [6.45, 7) is 12.1. The molecule has 1 fully saturated rings. The second-order valence-electron chi connectivity index (χ2n) is 10.9. The van der Waals surface area contributed by atoms with Gasteiger partial charge in [-0.3, -0.25) is 9.59 Å². The number of unbranched alkanes of at least 4 members (excludes halogenated alkanes) is 2. The first kappa shape index (κ1) is 32.7. The summed E-state index contributed by atoms with van der Waals surface area (Å²) in [6.07, 6.45) is 12.6. The van der Waals surface area contributed by atoms with Crippen molar-refractivity contribution in [1.82, 2.24) is 9.80 Å². The van der Waals surface area contributed by atoms with Crippen LogP contribution in [-0.4, -0.2) is 40.7 Å². The third kappa shape index (κ3) is 7.72. The molecular weight excluding hydrogens is 656 g/mol. The first-order valence-electron chi connectivity index (χ1n) is 14.5. The Hall–Kier alpha value is -0.830. The lowest BCUT2D eigenvalue weighted by molar-refractivity contribution is -0.131. The number of halogens is 2. The fourth-order valence-electron chi connectivity index (χ4n) is 5.77. The van der Waals surface area contributed by atoms with Crippen molar-refractivity contribution in [2.24, 2.45) is 17.8 Å². The summed E-state index contributed by atoms with van der Waals surface area (Å²) < 4.78 is 1.97. The molecule has 0 aliphatic carbocycles. The average molecular weight is 701 g/mol. The number of fused-ring (bicyclic) bond motifs is 1. The van der Waals surface area contributed by atoms with Crippen LogP contribution < -0.4 is 0 Å². The second-order valence-corrected chi connectivity index (χ2v) is 15.1. The highest BCUT2D eigenvalue weighted by molar-refractivity contribution is 9.11. The highest BCUT2D eigenvalue weighted by atomic mass is 79.9. The Morgan fingerprint density at radius 3 is 2.15 bits per heavy atom. The molecule has 0 N–H and O–H groups in total. The van der Waals surface area contributed by atoms with Crippen molar-refractivity contribution >= 4 is 73.3 Å². The quantitative estimate of drug-likeness (QED) is 0.146. The van der Waals surface area contributed by atoms with Crippen molar-refractivity contribution in [3.63, 3.8) is 0 Å². The zero-order chi connectivity index (χ0) is 28.7. The van der Waals surface area contributed by atoms with Gasteiger partial charge in [0.05, 0.1) is 31.9 Å². The zero-order valence-corrected chi connectivity index (χ0v) is 28.9. The molecular formula is C31H44Br2N2O2S2. The number of thiophene rings is 1. The van der Waals surface area contributed by atoms with Crippen LogP contribution in [0.3, 0.4) is 0 Å². The molecule has 1 saturated heterocycles. The smallest absolute Gasteiger partial charge is 0.253 e. The maximum absolute atomic E-state index is 14.4. The van der Waals surface area contributed by atoms with E-state index in [-0.39, 0.29) is 17.9 Å². The fraction of sp³-hybridized carbons (Fsp3) is 0.613. The predicted molar refractivity (Wildman–Crippen MR) is 176 cm³/mol. The molecule has 0 bridgehead atoms. The number of rotatable bonds is 15. The van der Waals surface area contributed by atoms with E-state index >= 15 is 0 Å². The SMILES string of the molecule is CCCCC(CC)CN1C(=O)C2C(=C1c1ccc(Br)s1)C(=O)N(CC(CC)CCCC)C2/C(S)=C/C=C(\C)Br. The summed E-state index contributed by atoms with van der Waals surface area (Å²) in [4.78, 5) is 34.4. The number of thiol groups is 1. The van der Waals surface area contributed by atoms with Gasteiger partial charge in [-0.05, 0) is 64.1 Å². The summed E-state index contributed by atoms with van der Waals surface area (Å²) >= 11 is 13.6. The van der Waals surface area contributed by atoms with E-state index in [0.717, 1.165) is 75.1 Å². The molecule has 0 saturated carbocycles. The second kappa shape index (κ2) is 15.4. The van der Waals surface area contributed by atoms with Gasteiger partial charge < -0.3 is 9.80 Å². The maximum Gasteiger partial charge on any atom is 0.253 e. The lowest BCUT2D eigenvalue weighted by atomic mass is 9.94. The van der Waals surface area contributed by atoms with Gasteiger partial charge in [-0.25, -0.2) is 0 Å². The molecule has 216 valence electrons. The minimum absolute atomic E-state index is 0.00331. The molecule has 8 heteroatoms. The van der Waals surface area contributed by atoms with Gasteiger partial charge in [0.2, 0.25) is 5.91 Å². The van der Waals surface area contributed by atoms with Gasteiger partial charge in [-0.1, -0.05) is 94.3 Å². The van der Waals surface area contributed by atoms with Crippen molar-refractivity contribution < 1.29 is 9.59 Å². The Labute approximate surface area is 262 Å². The number of hydrogen-bond acceptors (Lipinski definition) is 4. The normalized spacial score (nSPS) is 21.8. The molecule has 4 nitrogen and oxygen atoms in total. The minimum atomic E-state index is -0.534.